The van der Waals surface area contributed by atoms with Gasteiger partial charge < -0.3 is 15.4 Å². The molecule has 0 aliphatic carbocycles. The summed E-state index contributed by atoms with van der Waals surface area (Å²) >= 11 is 5.88. The standard InChI is InChI=1S/C18H20ClN3O5S/c1-11(18(24)21-15-6-4-5-14(10-15)20-12(2)23)22-28(25,26)17-9-13(19)7-8-16(17)27-3/h4-11,22H,1-3H3,(H,20,23)(H,21,24)/t11-/m0/s1. The number of carbonyl (C=O) groups is 2. The maximum atomic E-state index is 12.6. The van der Waals surface area contributed by atoms with Crippen molar-refractivity contribution in [3.05, 3.63) is 47.5 Å². The number of nitrogens with one attached hydrogen (secondary N) is 3. The van der Waals surface area contributed by atoms with Crippen molar-refractivity contribution < 1.29 is 22.7 Å². The number of methoxy groups -OCH3 is 1. The molecule has 0 aromatic heterocycles. The van der Waals surface area contributed by atoms with E-state index in [2.05, 4.69) is 15.4 Å². The Kier molecular flexibility index (Phi) is 7.00. The second kappa shape index (κ2) is 9.05. The number of carbonyl (C=O) groups excluding carboxylic acids is 2. The molecule has 28 heavy (non-hydrogen) atoms. The molecule has 0 aliphatic rings. The molecule has 2 aromatic rings. The summed E-state index contributed by atoms with van der Waals surface area (Å²) in [4.78, 5) is 23.3. The van der Waals surface area contributed by atoms with Crippen LogP contribution in [0.25, 0.3) is 0 Å². The first-order chi connectivity index (χ1) is 13.1. The van der Waals surface area contributed by atoms with Crippen molar-refractivity contribution >= 4 is 44.8 Å². The van der Waals surface area contributed by atoms with E-state index in [1.807, 2.05) is 0 Å². The first-order valence-corrected chi connectivity index (χ1v) is 10.0. The monoisotopic (exact) mass is 425 g/mol. The molecule has 0 radical (unpaired) electrons. The smallest absolute Gasteiger partial charge is 0.245 e. The second-order valence-corrected chi connectivity index (χ2v) is 8.01. The van der Waals surface area contributed by atoms with Gasteiger partial charge in [-0.15, -0.1) is 0 Å². The minimum absolute atomic E-state index is 0.104. The summed E-state index contributed by atoms with van der Waals surface area (Å²) in [5.41, 5.74) is 0.907. The molecule has 2 rings (SSSR count). The van der Waals surface area contributed by atoms with Gasteiger partial charge in [-0.1, -0.05) is 17.7 Å². The fraction of sp³-hybridized carbons (Fsp3) is 0.222. The molecule has 0 heterocycles. The first kappa shape index (κ1) is 21.7. The minimum Gasteiger partial charge on any atom is -0.495 e. The van der Waals surface area contributed by atoms with Crippen LogP contribution in [0.5, 0.6) is 5.75 Å². The average molecular weight is 426 g/mol. The number of amides is 2. The minimum atomic E-state index is -4.06. The van der Waals surface area contributed by atoms with Crippen molar-refractivity contribution in [2.24, 2.45) is 0 Å². The van der Waals surface area contributed by atoms with Gasteiger partial charge in [-0.05, 0) is 43.3 Å². The molecular weight excluding hydrogens is 406 g/mol. The van der Waals surface area contributed by atoms with E-state index in [4.69, 9.17) is 16.3 Å². The quantitative estimate of drug-likeness (QED) is 0.631. The lowest BCUT2D eigenvalue weighted by molar-refractivity contribution is -0.117. The van der Waals surface area contributed by atoms with E-state index >= 15 is 0 Å². The summed E-state index contributed by atoms with van der Waals surface area (Å²) in [6.07, 6.45) is 0. The van der Waals surface area contributed by atoms with Crippen LogP contribution < -0.4 is 20.1 Å². The summed E-state index contributed by atoms with van der Waals surface area (Å²) < 4.78 is 32.6. The first-order valence-electron chi connectivity index (χ1n) is 8.17. The van der Waals surface area contributed by atoms with Crippen molar-refractivity contribution in [1.29, 1.82) is 0 Å². The predicted molar refractivity (Wildman–Crippen MR) is 107 cm³/mol. The Bertz CT molecular complexity index is 994. The molecule has 0 fully saturated rings. The molecule has 2 amide bonds. The third-order valence-corrected chi connectivity index (χ3v) is 5.39. The molecule has 0 saturated heterocycles. The van der Waals surface area contributed by atoms with Gasteiger partial charge in [0.15, 0.2) is 0 Å². The SMILES string of the molecule is COc1ccc(Cl)cc1S(=O)(=O)N[C@@H](C)C(=O)Nc1cccc(NC(C)=O)c1. The normalized spacial score (nSPS) is 12.1. The highest BCUT2D eigenvalue weighted by molar-refractivity contribution is 7.89. The number of benzene rings is 2. The third-order valence-electron chi connectivity index (χ3n) is 3.59. The van der Waals surface area contributed by atoms with Gasteiger partial charge in [0.05, 0.1) is 13.2 Å². The van der Waals surface area contributed by atoms with Crippen LogP contribution in [-0.4, -0.2) is 33.4 Å². The van der Waals surface area contributed by atoms with Gasteiger partial charge in [-0.25, -0.2) is 8.42 Å². The second-order valence-electron chi connectivity index (χ2n) is 5.89. The molecule has 2 aromatic carbocycles. The van der Waals surface area contributed by atoms with Crippen LogP contribution in [0.4, 0.5) is 11.4 Å². The zero-order chi connectivity index (χ0) is 20.9. The fourth-order valence-electron chi connectivity index (χ4n) is 2.34. The fourth-order valence-corrected chi connectivity index (χ4v) is 3.97. The van der Waals surface area contributed by atoms with E-state index < -0.39 is 22.0 Å². The molecule has 0 aliphatic heterocycles. The summed E-state index contributed by atoms with van der Waals surface area (Å²) in [6.45, 7) is 2.77. The van der Waals surface area contributed by atoms with Crippen LogP contribution in [0.1, 0.15) is 13.8 Å². The van der Waals surface area contributed by atoms with Gasteiger partial charge in [-0.3, -0.25) is 9.59 Å². The Morgan fingerprint density at radius 3 is 2.32 bits per heavy atom. The number of halogens is 1. The van der Waals surface area contributed by atoms with Crippen molar-refractivity contribution in [2.75, 3.05) is 17.7 Å². The number of rotatable bonds is 7. The van der Waals surface area contributed by atoms with Crippen molar-refractivity contribution in [3.8, 4) is 5.75 Å². The van der Waals surface area contributed by atoms with Gasteiger partial charge in [0, 0.05) is 23.3 Å². The molecule has 150 valence electrons. The van der Waals surface area contributed by atoms with Crippen LogP contribution in [0, 0.1) is 0 Å². The maximum Gasteiger partial charge on any atom is 0.245 e. The van der Waals surface area contributed by atoms with Crippen LogP contribution in [0.2, 0.25) is 5.02 Å². The number of hydrogen-bond donors (Lipinski definition) is 3. The van der Waals surface area contributed by atoms with Crippen LogP contribution in [-0.2, 0) is 19.6 Å². The van der Waals surface area contributed by atoms with Crippen molar-refractivity contribution in [2.45, 2.75) is 24.8 Å². The van der Waals surface area contributed by atoms with Gasteiger partial charge in [0.1, 0.15) is 10.6 Å². The van der Waals surface area contributed by atoms with Crippen LogP contribution in [0.3, 0.4) is 0 Å². The molecule has 0 bridgehead atoms. The van der Waals surface area contributed by atoms with E-state index in [9.17, 15) is 18.0 Å². The zero-order valence-electron chi connectivity index (χ0n) is 15.4. The van der Waals surface area contributed by atoms with E-state index in [-0.39, 0.29) is 21.6 Å². The van der Waals surface area contributed by atoms with Crippen LogP contribution >= 0.6 is 11.6 Å². The van der Waals surface area contributed by atoms with E-state index in [1.54, 1.807) is 24.3 Å². The largest absolute Gasteiger partial charge is 0.495 e. The maximum absolute atomic E-state index is 12.6. The molecule has 8 nitrogen and oxygen atoms in total. The Labute approximate surface area is 168 Å². The van der Waals surface area contributed by atoms with E-state index in [0.29, 0.717) is 11.4 Å². The summed E-state index contributed by atoms with van der Waals surface area (Å²) in [6, 6.07) is 9.56. The summed E-state index contributed by atoms with van der Waals surface area (Å²) in [5.74, 6) is -0.725. The average Bonchev–Trinajstić information content (AvgIpc) is 2.61. The van der Waals surface area contributed by atoms with Gasteiger partial charge in [0.2, 0.25) is 21.8 Å². The summed E-state index contributed by atoms with van der Waals surface area (Å²) in [5, 5.41) is 5.41. The molecule has 1 atom stereocenters. The van der Waals surface area contributed by atoms with Crippen molar-refractivity contribution in [3.63, 3.8) is 0 Å². The highest BCUT2D eigenvalue weighted by atomic mass is 35.5. The number of ether oxygens (including phenoxy) is 1. The number of anilines is 2. The Balaban J connectivity index is 2.14. The Hall–Kier alpha value is -2.62. The van der Waals surface area contributed by atoms with Gasteiger partial charge >= 0.3 is 0 Å². The van der Waals surface area contributed by atoms with E-state index in [1.165, 1.54) is 39.2 Å². The molecule has 0 unspecified atom stereocenters. The molecule has 0 spiro atoms. The van der Waals surface area contributed by atoms with Crippen LogP contribution in [0.15, 0.2) is 47.4 Å². The Morgan fingerprint density at radius 1 is 1.07 bits per heavy atom. The van der Waals surface area contributed by atoms with Gasteiger partial charge in [-0.2, -0.15) is 4.72 Å². The summed E-state index contributed by atoms with van der Waals surface area (Å²) in [7, 11) is -2.73. The lowest BCUT2D eigenvalue weighted by Crippen LogP contribution is -2.41. The lowest BCUT2D eigenvalue weighted by Gasteiger charge is -2.16. The highest BCUT2D eigenvalue weighted by Gasteiger charge is 2.25. The highest BCUT2D eigenvalue weighted by Crippen LogP contribution is 2.27. The number of hydrogen-bond acceptors (Lipinski definition) is 5. The lowest BCUT2D eigenvalue weighted by atomic mass is 10.2. The molecule has 0 saturated carbocycles. The Morgan fingerprint density at radius 2 is 1.71 bits per heavy atom. The zero-order valence-corrected chi connectivity index (χ0v) is 17.0. The molecule has 3 N–H and O–H groups in total. The molecular formula is C18H20ClN3O5S. The topological polar surface area (TPSA) is 114 Å². The number of sulfonamides is 1. The molecule has 10 heteroatoms. The van der Waals surface area contributed by atoms with E-state index in [0.717, 1.165) is 0 Å². The van der Waals surface area contributed by atoms with Gasteiger partial charge in [0.25, 0.3) is 0 Å². The van der Waals surface area contributed by atoms with Crippen molar-refractivity contribution in [1.82, 2.24) is 4.72 Å². The third kappa shape index (κ3) is 5.69. The predicted octanol–water partition coefficient (Wildman–Crippen LogP) is 2.61.